The largest absolute Gasteiger partial charge is 0.489 e. The smallest absolute Gasteiger partial charge is 0.410 e. The van der Waals surface area contributed by atoms with E-state index in [0.29, 0.717) is 31.8 Å². The third-order valence-electron chi connectivity index (χ3n) is 6.78. The van der Waals surface area contributed by atoms with E-state index in [0.717, 1.165) is 59.9 Å². The van der Waals surface area contributed by atoms with Crippen molar-refractivity contribution in [1.29, 1.82) is 0 Å². The predicted molar refractivity (Wildman–Crippen MR) is 153 cm³/mol. The molecule has 1 aromatic heterocycles. The number of rotatable bonds is 9. The van der Waals surface area contributed by atoms with Crippen LogP contribution in [0.4, 0.5) is 10.5 Å². The minimum absolute atomic E-state index is 0.116. The van der Waals surface area contributed by atoms with Crippen molar-refractivity contribution >= 4 is 28.6 Å². The zero-order chi connectivity index (χ0) is 27.8. The average molecular weight is 533 g/mol. The molecule has 1 saturated heterocycles. The highest BCUT2D eigenvalue weighted by molar-refractivity contribution is 5.87. The lowest BCUT2D eigenvalue weighted by Gasteiger charge is -2.35. The summed E-state index contributed by atoms with van der Waals surface area (Å²) in [5, 5.41) is 4.03. The van der Waals surface area contributed by atoms with Gasteiger partial charge in [0.1, 0.15) is 24.0 Å². The molecule has 208 valence electrons. The monoisotopic (exact) mass is 532 g/mol. The van der Waals surface area contributed by atoms with E-state index < -0.39 is 17.7 Å². The number of unbranched alkanes of at least 4 members (excludes halogenated alkanes) is 1. The molecule has 0 aliphatic carbocycles. The first-order chi connectivity index (χ1) is 18.7. The SMILES string of the molecule is CC(C)(C)OC(=O)N1CCCCC1C(=O)NCCCCc1c(OCc2ccccc2)ccc2ncc(N)cc12. The van der Waals surface area contributed by atoms with Gasteiger partial charge in [0.15, 0.2) is 0 Å². The molecule has 8 nitrogen and oxygen atoms in total. The molecule has 0 radical (unpaired) electrons. The number of pyridine rings is 1. The number of benzene rings is 2. The Morgan fingerprint density at radius 2 is 1.90 bits per heavy atom. The van der Waals surface area contributed by atoms with Crippen LogP contribution in [0.15, 0.2) is 54.7 Å². The number of anilines is 1. The first-order valence-electron chi connectivity index (χ1n) is 13.8. The highest BCUT2D eigenvalue weighted by Gasteiger charge is 2.34. The second-order valence-electron chi connectivity index (χ2n) is 11.1. The van der Waals surface area contributed by atoms with Gasteiger partial charge >= 0.3 is 6.09 Å². The van der Waals surface area contributed by atoms with Gasteiger partial charge in [-0.05, 0) is 83.1 Å². The van der Waals surface area contributed by atoms with E-state index in [-0.39, 0.29) is 5.91 Å². The molecule has 1 atom stereocenters. The molecule has 2 heterocycles. The molecule has 0 bridgehead atoms. The fourth-order valence-electron chi connectivity index (χ4n) is 4.88. The Morgan fingerprint density at radius 3 is 2.67 bits per heavy atom. The summed E-state index contributed by atoms with van der Waals surface area (Å²) in [7, 11) is 0. The summed E-state index contributed by atoms with van der Waals surface area (Å²) in [6, 6.07) is 15.5. The van der Waals surface area contributed by atoms with Crippen LogP contribution < -0.4 is 15.8 Å². The van der Waals surface area contributed by atoms with Crippen LogP contribution in [0.2, 0.25) is 0 Å². The Morgan fingerprint density at radius 1 is 1.10 bits per heavy atom. The zero-order valence-corrected chi connectivity index (χ0v) is 23.2. The molecular formula is C31H40N4O4. The number of aryl methyl sites for hydroxylation is 1. The number of amides is 2. The van der Waals surface area contributed by atoms with E-state index in [9.17, 15) is 9.59 Å². The molecule has 3 aromatic rings. The molecule has 1 aliphatic rings. The molecule has 1 fully saturated rings. The zero-order valence-electron chi connectivity index (χ0n) is 23.2. The Hall–Kier alpha value is -3.81. The minimum Gasteiger partial charge on any atom is -0.489 e. The molecule has 8 heteroatoms. The number of hydrogen-bond donors (Lipinski definition) is 2. The van der Waals surface area contributed by atoms with Gasteiger partial charge < -0.3 is 20.5 Å². The number of aromatic nitrogens is 1. The van der Waals surface area contributed by atoms with Crippen LogP contribution in [0.5, 0.6) is 5.75 Å². The lowest BCUT2D eigenvalue weighted by Crippen LogP contribution is -2.53. The summed E-state index contributed by atoms with van der Waals surface area (Å²) in [5.74, 6) is 0.701. The van der Waals surface area contributed by atoms with Crippen molar-refractivity contribution in [2.45, 2.75) is 77.5 Å². The van der Waals surface area contributed by atoms with Crippen LogP contribution in [-0.2, 0) is 22.6 Å². The van der Waals surface area contributed by atoms with Gasteiger partial charge in [-0.25, -0.2) is 4.79 Å². The summed E-state index contributed by atoms with van der Waals surface area (Å²) in [6.07, 6.45) is 6.08. The number of likely N-dealkylation sites (tertiary alicyclic amines) is 1. The van der Waals surface area contributed by atoms with Gasteiger partial charge in [0.25, 0.3) is 0 Å². The Kier molecular flexibility index (Phi) is 9.28. The fourth-order valence-corrected chi connectivity index (χ4v) is 4.88. The van der Waals surface area contributed by atoms with Crippen molar-refractivity contribution in [2.75, 3.05) is 18.8 Å². The van der Waals surface area contributed by atoms with Crippen molar-refractivity contribution < 1.29 is 19.1 Å². The Balaban J connectivity index is 1.35. The highest BCUT2D eigenvalue weighted by Crippen LogP contribution is 2.30. The number of fused-ring (bicyclic) bond motifs is 1. The highest BCUT2D eigenvalue weighted by atomic mass is 16.6. The Labute approximate surface area is 230 Å². The summed E-state index contributed by atoms with van der Waals surface area (Å²) < 4.78 is 11.8. The maximum absolute atomic E-state index is 13.0. The quantitative estimate of drug-likeness (QED) is 0.346. The predicted octanol–water partition coefficient (Wildman–Crippen LogP) is 5.62. The van der Waals surface area contributed by atoms with Crippen LogP contribution in [0.3, 0.4) is 0 Å². The molecule has 1 unspecified atom stereocenters. The molecule has 0 saturated carbocycles. The number of carbonyl (C=O) groups is 2. The summed E-state index contributed by atoms with van der Waals surface area (Å²) in [6.45, 7) is 7.05. The third-order valence-corrected chi connectivity index (χ3v) is 6.78. The normalized spacial score (nSPS) is 15.7. The average Bonchev–Trinajstić information content (AvgIpc) is 2.91. The number of nitrogens with one attached hydrogen (secondary N) is 1. The van der Waals surface area contributed by atoms with Crippen LogP contribution in [0, 0.1) is 0 Å². The molecule has 3 N–H and O–H groups in total. The lowest BCUT2D eigenvalue weighted by molar-refractivity contribution is -0.127. The summed E-state index contributed by atoms with van der Waals surface area (Å²) >= 11 is 0. The number of ether oxygens (including phenoxy) is 2. The summed E-state index contributed by atoms with van der Waals surface area (Å²) in [4.78, 5) is 31.7. The fraction of sp³-hybridized carbons (Fsp3) is 0.452. The van der Waals surface area contributed by atoms with Gasteiger partial charge in [0, 0.05) is 24.0 Å². The third kappa shape index (κ3) is 7.85. The molecular weight excluding hydrogens is 492 g/mol. The van der Waals surface area contributed by atoms with Crippen molar-refractivity contribution in [3.63, 3.8) is 0 Å². The van der Waals surface area contributed by atoms with Crippen molar-refractivity contribution in [3.05, 3.63) is 65.9 Å². The maximum atomic E-state index is 13.0. The maximum Gasteiger partial charge on any atom is 0.410 e. The van der Waals surface area contributed by atoms with Crippen LogP contribution >= 0.6 is 0 Å². The number of piperidine rings is 1. The molecule has 0 spiro atoms. The number of hydrogen-bond acceptors (Lipinski definition) is 6. The number of nitrogen functional groups attached to an aromatic ring is 1. The van der Waals surface area contributed by atoms with Gasteiger partial charge in [-0.15, -0.1) is 0 Å². The molecule has 4 rings (SSSR count). The van der Waals surface area contributed by atoms with Crippen LogP contribution in [0.25, 0.3) is 10.9 Å². The Bertz CT molecular complexity index is 1270. The van der Waals surface area contributed by atoms with Crippen molar-refractivity contribution in [1.82, 2.24) is 15.2 Å². The second-order valence-corrected chi connectivity index (χ2v) is 11.1. The molecule has 39 heavy (non-hydrogen) atoms. The van der Waals surface area contributed by atoms with Gasteiger partial charge in [-0.1, -0.05) is 30.3 Å². The van der Waals surface area contributed by atoms with Gasteiger partial charge in [-0.3, -0.25) is 14.7 Å². The standard InChI is InChI=1S/C31H40N4O4/c1-31(2,3)39-30(37)35-18-10-8-14-27(35)29(36)33-17-9-7-13-24-25-19-23(32)20-34-26(25)15-16-28(24)38-21-22-11-5-4-6-12-22/h4-6,11-12,15-16,19-20,27H,7-10,13-14,17-18,21,32H2,1-3H3,(H,33,36). The van der Waals surface area contributed by atoms with Crippen molar-refractivity contribution in [2.24, 2.45) is 0 Å². The molecule has 2 amide bonds. The topological polar surface area (TPSA) is 107 Å². The first kappa shape index (κ1) is 28.2. The van der Waals surface area contributed by atoms with Gasteiger partial charge in [0.2, 0.25) is 5.91 Å². The van der Waals surface area contributed by atoms with Gasteiger partial charge in [-0.2, -0.15) is 0 Å². The molecule has 2 aromatic carbocycles. The van der Waals surface area contributed by atoms with E-state index in [4.69, 9.17) is 15.2 Å². The lowest BCUT2D eigenvalue weighted by atomic mass is 10.0. The van der Waals surface area contributed by atoms with Gasteiger partial charge in [0.05, 0.1) is 17.4 Å². The van der Waals surface area contributed by atoms with E-state index in [1.54, 1.807) is 11.1 Å². The van der Waals surface area contributed by atoms with E-state index in [1.165, 1.54) is 0 Å². The van der Waals surface area contributed by atoms with E-state index in [2.05, 4.69) is 10.3 Å². The van der Waals surface area contributed by atoms with E-state index in [1.807, 2.05) is 69.3 Å². The summed E-state index contributed by atoms with van der Waals surface area (Å²) in [5.41, 5.74) is 9.12. The second kappa shape index (κ2) is 12.8. The number of nitrogens with two attached hydrogens (primary N) is 1. The van der Waals surface area contributed by atoms with Crippen LogP contribution in [-0.4, -0.2) is 46.6 Å². The van der Waals surface area contributed by atoms with Crippen molar-refractivity contribution in [3.8, 4) is 5.75 Å². The van der Waals surface area contributed by atoms with E-state index >= 15 is 0 Å². The minimum atomic E-state index is -0.596. The number of nitrogens with zero attached hydrogens (tertiary/aromatic N) is 2. The first-order valence-corrected chi connectivity index (χ1v) is 13.8. The number of carbonyl (C=O) groups excluding carboxylic acids is 2. The molecule has 1 aliphatic heterocycles. The van der Waals surface area contributed by atoms with Crippen LogP contribution in [0.1, 0.15) is 64.0 Å².